The van der Waals surface area contributed by atoms with E-state index in [9.17, 15) is 13.2 Å². The van der Waals surface area contributed by atoms with Gasteiger partial charge in [0.1, 0.15) is 0 Å². The average molecular weight is 383 g/mol. The fourth-order valence-electron chi connectivity index (χ4n) is 1.88. The Bertz CT molecular complexity index is 802. The molecule has 0 aliphatic carbocycles. The number of carbonyl (C=O) groups excluding carboxylic acids is 1. The number of halogens is 1. The normalized spacial score (nSPS) is 11.2. The summed E-state index contributed by atoms with van der Waals surface area (Å²) in [4.78, 5) is 12.3. The van der Waals surface area contributed by atoms with E-state index in [1.165, 1.54) is 13.1 Å². The maximum absolute atomic E-state index is 12.1. The van der Waals surface area contributed by atoms with Crippen LogP contribution in [0.5, 0.6) is 0 Å². The van der Waals surface area contributed by atoms with Crippen LogP contribution < -0.4 is 10.0 Å². The van der Waals surface area contributed by atoms with Gasteiger partial charge < -0.3 is 5.32 Å². The van der Waals surface area contributed by atoms with Gasteiger partial charge in [-0.2, -0.15) is 0 Å². The number of carbonyl (C=O) groups is 1. The Morgan fingerprint density at radius 3 is 2.32 bits per heavy atom. The average Bonchev–Trinajstić information content (AvgIpc) is 2.49. The second-order valence-corrected chi connectivity index (χ2v) is 7.42. The van der Waals surface area contributed by atoms with Crippen molar-refractivity contribution in [1.82, 2.24) is 4.72 Å². The zero-order valence-corrected chi connectivity index (χ0v) is 14.5. The topological polar surface area (TPSA) is 75.3 Å². The molecule has 0 radical (unpaired) electrons. The van der Waals surface area contributed by atoms with E-state index in [2.05, 4.69) is 26.0 Å². The summed E-state index contributed by atoms with van der Waals surface area (Å²) < 4.78 is 27.0. The Balaban J connectivity index is 2.29. The lowest BCUT2D eigenvalue weighted by atomic mass is 10.2. The molecule has 2 aromatic carbocycles. The van der Waals surface area contributed by atoms with Crippen molar-refractivity contribution in [2.45, 2.75) is 11.8 Å². The molecule has 1 amide bonds. The molecule has 0 saturated carbocycles. The van der Waals surface area contributed by atoms with Gasteiger partial charge in [-0.15, -0.1) is 0 Å². The van der Waals surface area contributed by atoms with Crippen molar-refractivity contribution >= 4 is 37.5 Å². The number of sulfonamides is 1. The van der Waals surface area contributed by atoms with Gasteiger partial charge in [-0.05, 0) is 55.9 Å². The van der Waals surface area contributed by atoms with Gasteiger partial charge in [0.05, 0.1) is 4.90 Å². The zero-order valence-electron chi connectivity index (χ0n) is 12.1. The van der Waals surface area contributed by atoms with Crippen molar-refractivity contribution in [2.75, 3.05) is 12.4 Å². The van der Waals surface area contributed by atoms with Crippen LogP contribution in [0.3, 0.4) is 0 Å². The van der Waals surface area contributed by atoms with Gasteiger partial charge in [0.15, 0.2) is 0 Å². The molecule has 2 rings (SSSR count). The summed E-state index contributed by atoms with van der Waals surface area (Å²) in [5.74, 6) is -0.302. The molecular formula is C15H15BrN2O3S. The number of aryl methyl sites for hydroxylation is 1. The standard InChI is InChI=1S/C15H15BrN2O3S/c1-10-3-8-13(9-14(10)22(20,21)17-2)18-15(19)11-4-6-12(16)7-5-11/h3-9,17H,1-2H3,(H,18,19). The van der Waals surface area contributed by atoms with Crippen molar-refractivity contribution in [1.29, 1.82) is 0 Å². The first-order valence-corrected chi connectivity index (χ1v) is 8.72. The van der Waals surface area contributed by atoms with Gasteiger partial charge in [0.2, 0.25) is 10.0 Å². The van der Waals surface area contributed by atoms with Gasteiger partial charge in [0.25, 0.3) is 5.91 Å². The number of hydrogen-bond donors (Lipinski definition) is 2. The lowest BCUT2D eigenvalue weighted by Crippen LogP contribution is -2.20. The molecule has 2 N–H and O–H groups in total. The Kier molecular flexibility index (Phi) is 5.00. The number of rotatable bonds is 4. The number of anilines is 1. The highest BCUT2D eigenvalue weighted by molar-refractivity contribution is 9.10. The molecule has 0 spiro atoms. The first-order valence-electron chi connectivity index (χ1n) is 6.44. The van der Waals surface area contributed by atoms with Crippen LogP contribution in [-0.4, -0.2) is 21.4 Å². The monoisotopic (exact) mass is 382 g/mol. The maximum atomic E-state index is 12.1. The SMILES string of the molecule is CNS(=O)(=O)c1cc(NC(=O)c2ccc(Br)cc2)ccc1C. The molecule has 5 nitrogen and oxygen atoms in total. The Morgan fingerprint density at radius 2 is 1.73 bits per heavy atom. The fourth-order valence-corrected chi connectivity index (χ4v) is 3.14. The molecule has 22 heavy (non-hydrogen) atoms. The van der Waals surface area contributed by atoms with E-state index in [0.29, 0.717) is 16.8 Å². The van der Waals surface area contributed by atoms with E-state index in [1.807, 2.05) is 0 Å². The van der Waals surface area contributed by atoms with Gasteiger partial charge in [-0.25, -0.2) is 13.1 Å². The molecule has 0 unspecified atom stereocenters. The zero-order chi connectivity index (χ0) is 16.3. The van der Waals surface area contributed by atoms with E-state index < -0.39 is 10.0 Å². The molecule has 7 heteroatoms. The molecule has 0 aromatic heterocycles. The van der Waals surface area contributed by atoms with Crippen LogP contribution in [0.4, 0.5) is 5.69 Å². The molecule has 0 atom stereocenters. The van der Waals surface area contributed by atoms with Crippen LogP contribution in [0.15, 0.2) is 51.8 Å². The summed E-state index contributed by atoms with van der Waals surface area (Å²) in [6.45, 7) is 1.70. The van der Waals surface area contributed by atoms with Gasteiger partial charge >= 0.3 is 0 Å². The van der Waals surface area contributed by atoms with Gasteiger partial charge in [0, 0.05) is 15.7 Å². The van der Waals surface area contributed by atoms with Crippen LogP contribution in [0, 0.1) is 6.92 Å². The maximum Gasteiger partial charge on any atom is 0.255 e. The van der Waals surface area contributed by atoms with Crippen LogP contribution in [-0.2, 0) is 10.0 Å². The van der Waals surface area contributed by atoms with E-state index in [-0.39, 0.29) is 10.8 Å². The third-order valence-electron chi connectivity index (χ3n) is 3.11. The van der Waals surface area contributed by atoms with Crippen LogP contribution >= 0.6 is 15.9 Å². The minimum absolute atomic E-state index is 0.142. The summed E-state index contributed by atoms with van der Waals surface area (Å²) in [7, 11) is -2.22. The van der Waals surface area contributed by atoms with E-state index >= 15 is 0 Å². The third-order valence-corrected chi connectivity index (χ3v) is 5.20. The van der Waals surface area contributed by atoms with E-state index in [4.69, 9.17) is 0 Å². The Morgan fingerprint density at radius 1 is 1.09 bits per heavy atom. The highest BCUT2D eigenvalue weighted by Crippen LogP contribution is 2.20. The van der Waals surface area contributed by atoms with Gasteiger partial charge in [-0.3, -0.25) is 4.79 Å². The fraction of sp³-hybridized carbons (Fsp3) is 0.133. The minimum atomic E-state index is -3.56. The van der Waals surface area contributed by atoms with Crippen LogP contribution in [0.1, 0.15) is 15.9 Å². The first-order chi connectivity index (χ1) is 10.3. The number of amides is 1. The molecule has 0 bridgehead atoms. The van der Waals surface area contributed by atoms with Crippen LogP contribution in [0.2, 0.25) is 0 Å². The number of benzene rings is 2. The molecule has 0 aliphatic heterocycles. The van der Waals surface area contributed by atoms with Crippen LogP contribution in [0.25, 0.3) is 0 Å². The summed E-state index contributed by atoms with van der Waals surface area (Å²) in [5, 5.41) is 2.70. The largest absolute Gasteiger partial charge is 0.322 e. The molecule has 2 aromatic rings. The van der Waals surface area contributed by atoms with Crippen molar-refractivity contribution in [3.05, 3.63) is 58.1 Å². The lowest BCUT2D eigenvalue weighted by molar-refractivity contribution is 0.102. The lowest BCUT2D eigenvalue weighted by Gasteiger charge is -2.10. The predicted octanol–water partition coefficient (Wildman–Crippen LogP) is 2.92. The highest BCUT2D eigenvalue weighted by Gasteiger charge is 2.16. The summed E-state index contributed by atoms with van der Waals surface area (Å²) in [6, 6.07) is 11.7. The van der Waals surface area contributed by atoms with Crippen molar-refractivity contribution in [3.63, 3.8) is 0 Å². The summed E-state index contributed by atoms with van der Waals surface area (Å²) >= 11 is 3.30. The Labute approximate surface area is 137 Å². The molecule has 0 fully saturated rings. The molecule has 0 heterocycles. The Hall–Kier alpha value is -1.70. The molecule has 116 valence electrons. The summed E-state index contributed by atoms with van der Waals surface area (Å²) in [6.07, 6.45) is 0. The van der Waals surface area contributed by atoms with Crippen molar-refractivity contribution < 1.29 is 13.2 Å². The minimum Gasteiger partial charge on any atom is -0.322 e. The predicted molar refractivity (Wildman–Crippen MR) is 89.5 cm³/mol. The smallest absolute Gasteiger partial charge is 0.255 e. The quantitative estimate of drug-likeness (QED) is 0.853. The highest BCUT2D eigenvalue weighted by atomic mass is 79.9. The second-order valence-electron chi connectivity index (χ2n) is 4.65. The van der Waals surface area contributed by atoms with Crippen molar-refractivity contribution in [2.24, 2.45) is 0 Å². The van der Waals surface area contributed by atoms with Gasteiger partial charge in [-0.1, -0.05) is 22.0 Å². The molecule has 0 aliphatic rings. The van der Waals surface area contributed by atoms with Crippen molar-refractivity contribution in [3.8, 4) is 0 Å². The second kappa shape index (κ2) is 6.60. The third kappa shape index (κ3) is 3.73. The molecular weight excluding hydrogens is 368 g/mol. The van der Waals surface area contributed by atoms with E-state index in [0.717, 1.165) is 4.47 Å². The molecule has 0 saturated heterocycles. The number of nitrogens with one attached hydrogen (secondary N) is 2. The van der Waals surface area contributed by atoms with E-state index in [1.54, 1.807) is 43.3 Å². The summed E-state index contributed by atoms with van der Waals surface area (Å²) in [5.41, 5.74) is 1.52. The first kappa shape index (κ1) is 16.7. The number of hydrogen-bond acceptors (Lipinski definition) is 3.